The van der Waals surface area contributed by atoms with E-state index in [2.05, 4.69) is 4.98 Å². The molecule has 0 bridgehead atoms. The van der Waals surface area contributed by atoms with Gasteiger partial charge < -0.3 is 9.15 Å². The minimum absolute atomic E-state index is 0.127. The number of rotatable bonds is 4. The van der Waals surface area contributed by atoms with Crippen molar-refractivity contribution in [1.29, 1.82) is 0 Å². The number of aromatic nitrogens is 1. The Morgan fingerprint density at radius 3 is 3.00 bits per heavy atom. The summed E-state index contributed by atoms with van der Waals surface area (Å²) in [5.41, 5.74) is 0.127. The molecule has 0 unspecified atom stereocenters. The average Bonchev–Trinajstić information content (AvgIpc) is 2.83. The van der Waals surface area contributed by atoms with Gasteiger partial charge in [-0.25, -0.2) is 4.79 Å². The van der Waals surface area contributed by atoms with Crippen molar-refractivity contribution in [2.75, 3.05) is 6.61 Å². The molecule has 0 aliphatic heterocycles. The molecule has 0 atom stereocenters. The smallest absolute Gasteiger partial charge is 0.360 e. The molecule has 0 aliphatic carbocycles. The Bertz CT molecular complexity index is 600. The summed E-state index contributed by atoms with van der Waals surface area (Å²) in [4.78, 5) is 16.1. The normalized spacial score (nSPS) is 10.5. The Balaban J connectivity index is 2.15. The molecule has 0 radical (unpaired) electrons. The molecule has 19 heavy (non-hydrogen) atoms. The standard InChI is InChI=1S/C12H9Cl2NO3S/c1-2-17-11(16)9-6-18-12(15-9)19-10-5-7(13)3-4-8(10)14/h3-6H,2H2,1H3. The second-order valence-electron chi connectivity index (χ2n) is 3.40. The number of carbonyl (C=O) groups excluding carboxylic acids is 1. The molecule has 2 aromatic rings. The maximum Gasteiger partial charge on any atom is 0.360 e. The Kier molecular flexibility index (Phi) is 4.74. The van der Waals surface area contributed by atoms with Crippen LogP contribution < -0.4 is 0 Å². The van der Waals surface area contributed by atoms with Gasteiger partial charge in [0.25, 0.3) is 5.22 Å². The topological polar surface area (TPSA) is 52.3 Å². The molecule has 0 saturated heterocycles. The number of hydrogen-bond donors (Lipinski definition) is 0. The number of nitrogens with zero attached hydrogens (tertiary/aromatic N) is 1. The van der Waals surface area contributed by atoms with Gasteiger partial charge in [-0.2, -0.15) is 4.98 Å². The highest BCUT2D eigenvalue weighted by Gasteiger charge is 2.15. The third-order valence-electron chi connectivity index (χ3n) is 2.06. The first kappa shape index (κ1) is 14.2. The van der Waals surface area contributed by atoms with Crippen molar-refractivity contribution in [1.82, 2.24) is 4.98 Å². The Morgan fingerprint density at radius 1 is 1.47 bits per heavy atom. The number of benzene rings is 1. The first-order valence-electron chi connectivity index (χ1n) is 5.35. The predicted molar refractivity (Wildman–Crippen MR) is 73.0 cm³/mol. The predicted octanol–water partition coefficient (Wildman–Crippen LogP) is 4.31. The summed E-state index contributed by atoms with van der Waals surface area (Å²) in [5, 5.41) is 1.39. The van der Waals surface area contributed by atoms with Crippen LogP contribution in [0.15, 0.2) is 39.0 Å². The lowest BCUT2D eigenvalue weighted by molar-refractivity contribution is 0.0519. The summed E-state index contributed by atoms with van der Waals surface area (Å²) in [6, 6.07) is 5.07. The van der Waals surface area contributed by atoms with Crippen LogP contribution in [0.5, 0.6) is 0 Å². The molecule has 1 heterocycles. The fraction of sp³-hybridized carbons (Fsp3) is 0.167. The molecular weight excluding hydrogens is 309 g/mol. The molecule has 0 aliphatic rings. The minimum atomic E-state index is -0.518. The highest BCUT2D eigenvalue weighted by molar-refractivity contribution is 7.99. The first-order valence-corrected chi connectivity index (χ1v) is 6.93. The van der Waals surface area contributed by atoms with Crippen molar-refractivity contribution in [3.05, 3.63) is 40.2 Å². The maximum absolute atomic E-state index is 11.4. The van der Waals surface area contributed by atoms with Crippen molar-refractivity contribution in [3.63, 3.8) is 0 Å². The highest BCUT2D eigenvalue weighted by Crippen LogP contribution is 2.34. The van der Waals surface area contributed by atoms with Crippen LogP contribution in [0.4, 0.5) is 0 Å². The van der Waals surface area contributed by atoms with Crippen LogP contribution >= 0.6 is 35.0 Å². The van der Waals surface area contributed by atoms with Gasteiger partial charge in [-0.15, -0.1) is 0 Å². The molecule has 2 rings (SSSR count). The summed E-state index contributed by atoms with van der Waals surface area (Å²) >= 11 is 13.1. The summed E-state index contributed by atoms with van der Waals surface area (Å²) in [6.45, 7) is 2.01. The molecule has 0 amide bonds. The second kappa shape index (κ2) is 6.32. The zero-order valence-electron chi connectivity index (χ0n) is 9.85. The van der Waals surface area contributed by atoms with Crippen LogP contribution in [0.3, 0.4) is 0 Å². The van der Waals surface area contributed by atoms with Crippen LogP contribution in [-0.2, 0) is 4.74 Å². The van der Waals surface area contributed by atoms with E-state index in [0.29, 0.717) is 20.2 Å². The van der Waals surface area contributed by atoms with E-state index >= 15 is 0 Å². The zero-order chi connectivity index (χ0) is 13.8. The van der Waals surface area contributed by atoms with Gasteiger partial charge >= 0.3 is 5.97 Å². The van der Waals surface area contributed by atoms with Gasteiger partial charge in [-0.3, -0.25) is 0 Å². The van der Waals surface area contributed by atoms with Gasteiger partial charge in [0.1, 0.15) is 6.26 Å². The van der Waals surface area contributed by atoms with Gasteiger partial charge in [-0.1, -0.05) is 23.2 Å². The van der Waals surface area contributed by atoms with E-state index in [0.717, 1.165) is 0 Å². The average molecular weight is 318 g/mol. The summed E-state index contributed by atoms with van der Waals surface area (Å²) < 4.78 is 10.00. The Labute approximate surface area is 124 Å². The van der Waals surface area contributed by atoms with E-state index in [1.54, 1.807) is 25.1 Å². The van der Waals surface area contributed by atoms with Crippen molar-refractivity contribution in [2.45, 2.75) is 17.0 Å². The molecule has 4 nitrogen and oxygen atoms in total. The van der Waals surface area contributed by atoms with Gasteiger partial charge in [0.05, 0.1) is 11.6 Å². The third-order valence-corrected chi connectivity index (χ3v) is 3.65. The SMILES string of the molecule is CCOC(=O)c1coc(Sc2cc(Cl)ccc2Cl)n1. The molecule has 7 heteroatoms. The van der Waals surface area contributed by atoms with Crippen LogP contribution in [-0.4, -0.2) is 17.6 Å². The quantitative estimate of drug-likeness (QED) is 0.786. The minimum Gasteiger partial charge on any atom is -0.461 e. The number of oxazole rings is 1. The summed E-state index contributed by atoms with van der Waals surface area (Å²) in [5.74, 6) is -0.518. The molecule has 0 fully saturated rings. The Hall–Kier alpha value is -1.17. The van der Waals surface area contributed by atoms with E-state index < -0.39 is 5.97 Å². The molecule has 100 valence electrons. The van der Waals surface area contributed by atoms with Crippen LogP contribution in [0.2, 0.25) is 10.0 Å². The van der Waals surface area contributed by atoms with Gasteiger partial charge in [0, 0.05) is 9.92 Å². The van der Waals surface area contributed by atoms with Gasteiger partial charge in [0.15, 0.2) is 5.69 Å². The highest BCUT2D eigenvalue weighted by atomic mass is 35.5. The largest absolute Gasteiger partial charge is 0.461 e. The van der Waals surface area contributed by atoms with E-state index in [-0.39, 0.29) is 12.3 Å². The number of hydrogen-bond acceptors (Lipinski definition) is 5. The molecule has 0 N–H and O–H groups in total. The lowest BCUT2D eigenvalue weighted by Gasteiger charge is -2.00. The van der Waals surface area contributed by atoms with E-state index in [9.17, 15) is 4.79 Å². The van der Waals surface area contributed by atoms with Crippen molar-refractivity contribution >= 4 is 40.9 Å². The van der Waals surface area contributed by atoms with E-state index in [1.165, 1.54) is 18.0 Å². The summed E-state index contributed by atoms with van der Waals surface area (Å²) in [6.07, 6.45) is 1.25. The number of carbonyl (C=O) groups is 1. The lowest BCUT2D eigenvalue weighted by atomic mass is 10.4. The van der Waals surface area contributed by atoms with Gasteiger partial charge in [-0.05, 0) is 36.9 Å². The van der Waals surface area contributed by atoms with Crippen LogP contribution in [0.1, 0.15) is 17.4 Å². The molecule has 0 saturated carbocycles. The maximum atomic E-state index is 11.4. The Morgan fingerprint density at radius 2 is 2.26 bits per heavy atom. The van der Waals surface area contributed by atoms with Crippen LogP contribution in [0, 0.1) is 0 Å². The zero-order valence-corrected chi connectivity index (χ0v) is 12.2. The fourth-order valence-electron chi connectivity index (χ4n) is 1.25. The number of ether oxygens (including phenoxy) is 1. The summed E-state index contributed by atoms with van der Waals surface area (Å²) in [7, 11) is 0. The number of halogens is 2. The first-order chi connectivity index (χ1) is 9.10. The third kappa shape index (κ3) is 3.65. The molecule has 0 spiro atoms. The molecule has 1 aromatic heterocycles. The van der Waals surface area contributed by atoms with Crippen molar-refractivity contribution < 1.29 is 13.9 Å². The van der Waals surface area contributed by atoms with E-state index in [4.69, 9.17) is 32.4 Å². The van der Waals surface area contributed by atoms with E-state index in [1.807, 2.05) is 0 Å². The molecular formula is C12H9Cl2NO3S. The van der Waals surface area contributed by atoms with Crippen LogP contribution in [0.25, 0.3) is 0 Å². The molecule has 1 aromatic carbocycles. The van der Waals surface area contributed by atoms with Gasteiger partial charge in [0.2, 0.25) is 0 Å². The van der Waals surface area contributed by atoms with Crippen molar-refractivity contribution in [3.8, 4) is 0 Å². The monoisotopic (exact) mass is 317 g/mol. The second-order valence-corrected chi connectivity index (χ2v) is 5.23. The lowest BCUT2D eigenvalue weighted by Crippen LogP contribution is -2.04. The fourth-order valence-corrected chi connectivity index (χ4v) is 2.50. The number of esters is 1. The van der Waals surface area contributed by atoms with Crippen molar-refractivity contribution in [2.24, 2.45) is 0 Å².